The van der Waals surface area contributed by atoms with Crippen molar-refractivity contribution in [3.8, 4) is 22.5 Å². The highest BCUT2D eigenvalue weighted by Crippen LogP contribution is 2.34. The van der Waals surface area contributed by atoms with Gasteiger partial charge >= 0.3 is 6.18 Å². The van der Waals surface area contributed by atoms with Crippen LogP contribution in [0.5, 0.6) is 0 Å². The van der Waals surface area contributed by atoms with Gasteiger partial charge in [0.1, 0.15) is 5.82 Å². The number of hydrogen-bond acceptors (Lipinski definition) is 11. The first-order valence-corrected chi connectivity index (χ1v) is 20.8. The minimum atomic E-state index is -4.90. The predicted octanol–water partition coefficient (Wildman–Crippen LogP) is 11.6. The third kappa shape index (κ3) is 11.1. The van der Waals surface area contributed by atoms with Gasteiger partial charge in [-0.1, -0.05) is 30.3 Å². The van der Waals surface area contributed by atoms with Crippen molar-refractivity contribution in [1.29, 1.82) is 0 Å². The normalized spacial score (nSPS) is 11.0. The van der Waals surface area contributed by atoms with Gasteiger partial charge in [0, 0.05) is 81.5 Å². The first-order chi connectivity index (χ1) is 30.3. The van der Waals surface area contributed by atoms with Gasteiger partial charge in [-0.2, -0.15) is 13.2 Å². The highest BCUT2D eigenvalue weighted by atomic mass is 32.1. The zero-order valence-corrected chi connectivity index (χ0v) is 35.1. The van der Waals surface area contributed by atoms with Crippen LogP contribution in [-0.4, -0.2) is 31.8 Å². The van der Waals surface area contributed by atoms with Crippen LogP contribution in [0.1, 0.15) is 43.0 Å². The second-order valence-corrected chi connectivity index (χ2v) is 15.6. The number of thiazole rings is 2. The van der Waals surface area contributed by atoms with E-state index in [-0.39, 0.29) is 11.6 Å². The fraction of sp³-hybridized carbons (Fsp3) is 0.0870. The molecular weight excluding hydrogens is 851 g/mol. The lowest BCUT2D eigenvalue weighted by Crippen LogP contribution is -2.17. The third-order valence-electron chi connectivity index (χ3n) is 9.40. The summed E-state index contributed by atoms with van der Waals surface area (Å²) in [5, 5.41) is 17.2. The number of nitrogens with two attached hydrogens (primary N) is 1. The number of aromatic nitrogens is 4. The Kier molecular flexibility index (Phi) is 13.6. The number of nitrogens with one attached hydrogen (secondary N) is 4. The number of halogens is 4. The van der Waals surface area contributed by atoms with Gasteiger partial charge in [-0.25, -0.2) is 14.4 Å². The fourth-order valence-corrected chi connectivity index (χ4v) is 7.44. The van der Waals surface area contributed by atoms with E-state index in [0.717, 1.165) is 62.2 Å². The molecule has 0 saturated carbocycles. The molecule has 0 aliphatic carbocycles. The Bertz CT molecular complexity index is 2850. The van der Waals surface area contributed by atoms with Gasteiger partial charge in [0.05, 0.1) is 22.5 Å². The summed E-state index contributed by atoms with van der Waals surface area (Å²) in [6.07, 6.45) is 2.01. The first kappa shape index (κ1) is 43.7. The van der Waals surface area contributed by atoms with Crippen molar-refractivity contribution < 1.29 is 27.2 Å². The lowest BCUT2D eigenvalue weighted by atomic mass is 10.1. The van der Waals surface area contributed by atoms with Crippen LogP contribution in [0.3, 0.4) is 0 Å². The van der Waals surface area contributed by atoms with Crippen molar-refractivity contribution in [3.05, 3.63) is 178 Å². The van der Waals surface area contributed by atoms with Crippen molar-refractivity contribution in [1.82, 2.24) is 19.9 Å². The van der Waals surface area contributed by atoms with Gasteiger partial charge in [-0.15, -0.1) is 22.7 Å². The second kappa shape index (κ2) is 19.6. The largest absolute Gasteiger partial charge is 0.419 e. The number of aryl methyl sites for hydroxylation is 2. The van der Waals surface area contributed by atoms with Crippen LogP contribution < -0.4 is 27.0 Å². The standard InChI is InChI=1S/C23H16F4N4OS.C23H21N5OS/c1-13-7-8-15(29-21(32)16-5-2-6-17(20(16)24)23(25,26)27)10-18(13)30-22-31-19(12-33-22)14-4-3-9-28-11-14;1-15-4-9-19(26-22(29)17-7-5-16(12-24)6-8-17)11-20(15)27-23-28-21(14-30-23)18-3-2-10-25-13-18/h2-12H,1H3,(H,29,32)(H,30,31);2-11,13-14H,12,24H2,1H3,(H,26,29)(H,27,28). The summed E-state index contributed by atoms with van der Waals surface area (Å²) in [5.41, 5.74) is 12.9. The highest BCUT2D eigenvalue weighted by Gasteiger charge is 2.35. The molecule has 63 heavy (non-hydrogen) atoms. The van der Waals surface area contributed by atoms with E-state index in [0.29, 0.717) is 34.7 Å². The van der Waals surface area contributed by atoms with Gasteiger partial charge in [-0.3, -0.25) is 19.6 Å². The molecule has 2 amide bonds. The number of anilines is 6. The number of pyridine rings is 2. The highest BCUT2D eigenvalue weighted by molar-refractivity contribution is 7.14. The van der Waals surface area contributed by atoms with Gasteiger partial charge < -0.3 is 27.0 Å². The lowest BCUT2D eigenvalue weighted by molar-refractivity contribution is -0.140. The van der Waals surface area contributed by atoms with Gasteiger partial charge in [0.25, 0.3) is 11.8 Å². The van der Waals surface area contributed by atoms with Crippen LogP contribution in [0.15, 0.2) is 139 Å². The molecule has 0 aliphatic rings. The summed E-state index contributed by atoms with van der Waals surface area (Å²) in [5.74, 6) is -2.76. The fourth-order valence-electron chi connectivity index (χ4n) is 5.98. The maximum absolute atomic E-state index is 14.3. The zero-order chi connectivity index (χ0) is 44.5. The van der Waals surface area contributed by atoms with E-state index in [4.69, 9.17) is 5.73 Å². The molecule has 4 aromatic carbocycles. The molecule has 0 saturated heterocycles. The van der Waals surface area contributed by atoms with Crippen LogP contribution in [0, 0.1) is 19.7 Å². The summed E-state index contributed by atoms with van der Waals surface area (Å²) in [7, 11) is 0. The van der Waals surface area contributed by atoms with Gasteiger partial charge in [0.2, 0.25) is 0 Å². The summed E-state index contributed by atoms with van der Waals surface area (Å²) in [6.45, 7) is 4.30. The Hall–Kier alpha value is -7.34. The van der Waals surface area contributed by atoms with Gasteiger partial charge in [0.15, 0.2) is 10.3 Å². The Morgan fingerprint density at radius 3 is 1.67 bits per heavy atom. The molecule has 0 bridgehead atoms. The minimum absolute atomic E-state index is 0.165. The summed E-state index contributed by atoms with van der Waals surface area (Å²) < 4.78 is 53.1. The molecule has 8 aromatic rings. The average molecular weight is 888 g/mol. The van der Waals surface area contributed by atoms with Crippen LogP contribution in [0.4, 0.5) is 50.6 Å². The smallest absolute Gasteiger partial charge is 0.331 e. The van der Waals surface area contributed by atoms with E-state index in [1.807, 2.05) is 79.2 Å². The molecule has 17 heteroatoms. The Morgan fingerprint density at radius 1 is 0.667 bits per heavy atom. The molecule has 6 N–H and O–H groups in total. The molecule has 8 rings (SSSR count). The maximum Gasteiger partial charge on any atom is 0.419 e. The van der Waals surface area contributed by atoms with E-state index < -0.39 is 29.0 Å². The van der Waals surface area contributed by atoms with E-state index >= 15 is 0 Å². The van der Waals surface area contributed by atoms with E-state index in [9.17, 15) is 27.2 Å². The van der Waals surface area contributed by atoms with Crippen LogP contribution in [0.25, 0.3) is 22.5 Å². The molecular formula is C46H37F4N9O2S2. The van der Waals surface area contributed by atoms with Crippen molar-refractivity contribution in [2.75, 3.05) is 21.3 Å². The molecule has 4 heterocycles. The number of rotatable bonds is 11. The summed E-state index contributed by atoms with van der Waals surface area (Å²) >= 11 is 2.90. The first-order valence-electron chi connectivity index (χ1n) is 19.1. The third-order valence-corrected chi connectivity index (χ3v) is 10.9. The Labute approximate surface area is 367 Å². The Balaban J connectivity index is 0.000000190. The summed E-state index contributed by atoms with van der Waals surface area (Å²) in [6, 6.07) is 28.1. The van der Waals surface area contributed by atoms with Crippen LogP contribution >= 0.6 is 22.7 Å². The van der Waals surface area contributed by atoms with Crippen LogP contribution in [-0.2, 0) is 12.7 Å². The summed E-state index contributed by atoms with van der Waals surface area (Å²) in [4.78, 5) is 42.4. The SMILES string of the molecule is Cc1ccc(NC(=O)c2ccc(CN)cc2)cc1Nc1nc(-c2cccnc2)cs1.Cc1ccc(NC(=O)c2cccc(C(F)(F)F)c2F)cc1Nc1nc(-c2cccnc2)cs1. The topological polar surface area (TPSA) is 160 Å². The number of carbonyl (C=O) groups excluding carboxylic acids is 2. The second-order valence-electron chi connectivity index (χ2n) is 13.8. The predicted molar refractivity (Wildman–Crippen MR) is 241 cm³/mol. The molecule has 0 atom stereocenters. The molecule has 0 aliphatic heterocycles. The minimum Gasteiger partial charge on any atom is -0.331 e. The molecule has 0 unspecified atom stereocenters. The Morgan fingerprint density at radius 2 is 1.19 bits per heavy atom. The average Bonchev–Trinajstić information content (AvgIpc) is 3.97. The molecule has 0 spiro atoms. The van der Waals surface area contributed by atoms with Crippen LogP contribution in [0.2, 0.25) is 0 Å². The van der Waals surface area contributed by atoms with Crippen molar-refractivity contribution in [2.24, 2.45) is 5.73 Å². The quantitative estimate of drug-likeness (QED) is 0.0797. The van der Waals surface area contributed by atoms with Crippen molar-refractivity contribution >= 4 is 67.5 Å². The number of alkyl halides is 3. The molecule has 11 nitrogen and oxygen atoms in total. The van der Waals surface area contributed by atoms with E-state index in [1.165, 1.54) is 22.7 Å². The number of hydrogen-bond donors (Lipinski definition) is 5. The molecule has 318 valence electrons. The number of amides is 2. The van der Waals surface area contributed by atoms with E-state index in [2.05, 4.69) is 41.2 Å². The number of carbonyl (C=O) groups is 2. The van der Waals surface area contributed by atoms with E-state index in [1.54, 1.807) is 55.1 Å². The zero-order valence-electron chi connectivity index (χ0n) is 33.5. The van der Waals surface area contributed by atoms with Gasteiger partial charge in [-0.05, 0) is 103 Å². The van der Waals surface area contributed by atoms with Crippen molar-refractivity contribution in [3.63, 3.8) is 0 Å². The monoisotopic (exact) mass is 887 g/mol. The number of nitrogens with zero attached hydrogens (tertiary/aromatic N) is 4. The van der Waals surface area contributed by atoms with Crippen molar-refractivity contribution in [2.45, 2.75) is 26.6 Å². The molecule has 0 fully saturated rings. The maximum atomic E-state index is 14.3. The molecule has 0 radical (unpaired) electrons. The molecule has 4 aromatic heterocycles. The number of benzene rings is 4. The lowest BCUT2D eigenvalue weighted by Gasteiger charge is -2.13.